The lowest BCUT2D eigenvalue weighted by molar-refractivity contribution is -0.132. The van der Waals surface area contributed by atoms with Crippen LogP contribution in [0.1, 0.15) is 18.9 Å². The van der Waals surface area contributed by atoms with Crippen LogP contribution in [0.15, 0.2) is 47.7 Å². The molecule has 0 radical (unpaired) electrons. The molecule has 0 aliphatic heterocycles. The lowest BCUT2D eigenvalue weighted by Crippen LogP contribution is -2.38. The number of nitrogens with one attached hydrogen (secondary N) is 2. The molecule has 0 unspecified atom stereocenters. The first-order chi connectivity index (χ1) is 12.0. The Kier molecular flexibility index (Phi) is 6.85. The Morgan fingerprint density at radius 2 is 1.96 bits per heavy atom. The van der Waals surface area contributed by atoms with E-state index in [-0.39, 0.29) is 6.54 Å². The summed E-state index contributed by atoms with van der Waals surface area (Å²) in [6, 6.07) is 9.76. The molecule has 8 heteroatoms. The van der Waals surface area contributed by atoms with Crippen molar-refractivity contribution >= 4 is 5.96 Å². The van der Waals surface area contributed by atoms with Crippen molar-refractivity contribution in [2.45, 2.75) is 25.9 Å². The second kappa shape index (κ2) is 9.10. The summed E-state index contributed by atoms with van der Waals surface area (Å²) >= 11 is 0. The molecule has 2 aromatic rings. The van der Waals surface area contributed by atoms with E-state index >= 15 is 0 Å². The molecule has 0 saturated heterocycles. The molecule has 0 atom stereocenters. The number of aromatic nitrogens is 2. The van der Waals surface area contributed by atoms with Crippen molar-refractivity contribution in [1.29, 1.82) is 0 Å². The van der Waals surface area contributed by atoms with E-state index in [9.17, 15) is 13.2 Å². The zero-order chi connectivity index (χ0) is 18.1. The lowest BCUT2D eigenvalue weighted by atomic mass is 10.2. The number of guanidine groups is 1. The first-order valence-corrected chi connectivity index (χ1v) is 8.16. The topological polar surface area (TPSA) is 54.2 Å². The molecule has 1 aromatic carbocycles. The van der Waals surface area contributed by atoms with Gasteiger partial charge in [-0.3, -0.25) is 4.99 Å². The van der Waals surface area contributed by atoms with Crippen molar-refractivity contribution in [1.82, 2.24) is 20.4 Å². The van der Waals surface area contributed by atoms with Gasteiger partial charge in [-0.15, -0.1) is 0 Å². The maximum Gasteiger partial charge on any atom is 0.390 e. The lowest BCUT2D eigenvalue weighted by Gasteiger charge is -2.11. The number of halogens is 3. The van der Waals surface area contributed by atoms with Crippen LogP contribution in [0, 0.1) is 0 Å². The van der Waals surface area contributed by atoms with Crippen LogP contribution in [0.5, 0.6) is 0 Å². The Bertz CT molecular complexity index is 664. The molecule has 1 heterocycles. The summed E-state index contributed by atoms with van der Waals surface area (Å²) in [5, 5.41) is 10.3. The second-order valence-corrected chi connectivity index (χ2v) is 5.43. The fourth-order valence-electron chi connectivity index (χ4n) is 2.17. The van der Waals surface area contributed by atoms with Crippen molar-refractivity contribution in [2.24, 2.45) is 4.99 Å². The van der Waals surface area contributed by atoms with Gasteiger partial charge in [-0.2, -0.15) is 18.3 Å². The Hall–Kier alpha value is -2.51. The third-order valence-corrected chi connectivity index (χ3v) is 3.37. The molecule has 0 amide bonds. The highest BCUT2D eigenvalue weighted by molar-refractivity contribution is 5.79. The fourth-order valence-corrected chi connectivity index (χ4v) is 2.17. The molecular weight excluding hydrogens is 331 g/mol. The van der Waals surface area contributed by atoms with Crippen LogP contribution in [0.3, 0.4) is 0 Å². The van der Waals surface area contributed by atoms with Crippen LogP contribution >= 0.6 is 0 Å². The number of hydrogen-bond donors (Lipinski definition) is 2. The van der Waals surface area contributed by atoms with Crippen molar-refractivity contribution in [3.63, 3.8) is 0 Å². The van der Waals surface area contributed by atoms with Gasteiger partial charge >= 0.3 is 6.18 Å². The Balaban J connectivity index is 1.83. The summed E-state index contributed by atoms with van der Waals surface area (Å²) in [5.74, 6) is 0.391. The summed E-state index contributed by atoms with van der Waals surface area (Å²) in [7, 11) is 0. The van der Waals surface area contributed by atoms with Gasteiger partial charge in [0, 0.05) is 19.3 Å². The predicted octanol–water partition coefficient (Wildman–Crippen LogP) is 2.92. The standard InChI is InChI=1S/C17H22F3N5/c1-2-21-16(23-11-9-17(18,19)20)22-10-8-14-12-24-25(13-14)15-6-4-3-5-7-15/h3-7,12-13H,2,8-11H2,1H3,(H2,21,22,23). The monoisotopic (exact) mass is 353 g/mol. The Morgan fingerprint density at radius 1 is 1.20 bits per heavy atom. The normalized spacial score (nSPS) is 12.2. The largest absolute Gasteiger partial charge is 0.390 e. The van der Waals surface area contributed by atoms with E-state index in [4.69, 9.17) is 0 Å². The SMILES string of the molecule is CCNC(=NCCC(F)(F)F)NCCc1cnn(-c2ccccc2)c1. The average molecular weight is 353 g/mol. The van der Waals surface area contributed by atoms with Gasteiger partial charge in [0.2, 0.25) is 0 Å². The van der Waals surface area contributed by atoms with E-state index in [1.807, 2.05) is 43.5 Å². The summed E-state index contributed by atoms with van der Waals surface area (Å²) in [4.78, 5) is 3.94. The van der Waals surface area contributed by atoms with Crippen molar-refractivity contribution in [3.8, 4) is 5.69 Å². The molecule has 5 nitrogen and oxygen atoms in total. The van der Waals surface area contributed by atoms with Crippen molar-refractivity contribution < 1.29 is 13.2 Å². The Labute approximate surface area is 145 Å². The summed E-state index contributed by atoms with van der Waals surface area (Å²) < 4.78 is 38.4. The quantitative estimate of drug-likeness (QED) is 0.594. The summed E-state index contributed by atoms with van der Waals surface area (Å²) in [6.07, 6.45) is -0.704. The first kappa shape index (κ1) is 18.8. The molecule has 0 aliphatic carbocycles. The third-order valence-electron chi connectivity index (χ3n) is 3.37. The molecule has 0 fully saturated rings. The minimum atomic E-state index is -4.19. The molecule has 1 aromatic heterocycles. The van der Waals surface area contributed by atoms with Gasteiger partial charge in [-0.05, 0) is 31.0 Å². The highest BCUT2D eigenvalue weighted by atomic mass is 19.4. The minimum absolute atomic E-state index is 0.287. The minimum Gasteiger partial charge on any atom is -0.357 e. The second-order valence-electron chi connectivity index (χ2n) is 5.43. The van der Waals surface area contributed by atoms with Crippen molar-refractivity contribution in [2.75, 3.05) is 19.6 Å². The van der Waals surface area contributed by atoms with Gasteiger partial charge in [0.25, 0.3) is 0 Å². The van der Waals surface area contributed by atoms with E-state index in [0.29, 0.717) is 25.5 Å². The van der Waals surface area contributed by atoms with Crippen LogP contribution < -0.4 is 10.6 Å². The summed E-state index contributed by atoms with van der Waals surface area (Å²) in [6.45, 7) is 2.72. The molecule has 2 N–H and O–H groups in total. The van der Waals surface area contributed by atoms with Crippen LogP contribution in [0.2, 0.25) is 0 Å². The first-order valence-electron chi connectivity index (χ1n) is 8.16. The van der Waals surface area contributed by atoms with Crippen LogP contribution in [0.25, 0.3) is 5.69 Å². The molecule has 136 valence electrons. The van der Waals surface area contributed by atoms with Gasteiger partial charge in [-0.25, -0.2) is 4.68 Å². The number of para-hydroxylation sites is 1. The number of nitrogens with zero attached hydrogens (tertiary/aromatic N) is 3. The number of hydrogen-bond acceptors (Lipinski definition) is 2. The molecular formula is C17H22F3N5. The molecule has 0 saturated carbocycles. The Morgan fingerprint density at radius 3 is 2.64 bits per heavy atom. The number of rotatable bonds is 7. The van der Waals surface area contributed by atoms with E-state index in [2.05, 4.69) is 20.7 Å². The zero-order valence-electron chi connectivity index (χ0n) is 14.1. The molecule has 2 rings (SSSR count). The highest BCUT2D eigenvalue weighted by Gasteiger charge is 2.26. The van der Waals surface area contributed by atoms with Gasteiger partial charge in [-0.1, -0.05) is 18.2 Å². The maximum atomic E-state index is 12.2. The van der Waals surface area contributed by atoms with E-state index < -0.39 is 12.6 Å². The average Bonchev–Trinajstić information content (AvgIpc) is 3.03. The van der Waals surface area contributed by atoms with Crippen LogP contribution in [-0.4, -0.2) is 41.6 Å². The predicted molar refractivity (Wildman–Crippen MR) is 91.9 cm³/mol. The molecule has 0 aliphatic rings. The van der Waals surface area contributed by atoms with E-state index in [1.54, 1.807) is 10.9 Å². The number of aliphatic imine (C=N–C) groups is 1. The molecule has 0 bridgehead atoms. The van der Waals surface area contributed by atoms with E-state index in [1.165, 1.54) is 0 Å². The van der Waals surface area contributed by atoms with Crippen LogP contribution in [0.4, 0.5) is 13.2 Å². The van der Waals surface area contributed by atoms with Gasteiger partial charge in [0.05, 0.1) is 24.8 Å². The molecule has 0 spiro atoms. The molecule has 25 heavy (non-hydrogen) atoms. The smallest absolute Gasteiger partial charge is 0.357 e. The number of benzene rings is 1. The van der Waals surface area contributed by atoms with E-state index in [0.717, 1.165) is 11.3 Å². The highest BCUT2D eigenvalue weighted by Crippen LogP contribution is 2.18. The van der Waals surface area contributed by atoms with Gasteiger partial charge in [0.15, 0.2) is 5.96 Å². The van der Waals surface area contributed by atoms with Gasteiger partial charge in [0.1, 0.15) is 0 Å². The maximum absolute atomic E-state index is 12.2. The van der Waals surface area contributed by atoms with Crippen molar-refractivity contribution in [3.05, 3.63) is 48.3 Å². The third kappa shape index (κ3) is 6.86. The number of alkyl halides is 3. The van der Waals surface area contributed by atoms with Crippen LogP contribution in [-0.2, 0) is 6.42 Å². The summed E-state index contributed by atoms with van der Waals surface area (Å²) in [5.41, 5.74) is 2.01. The van der Waals surface area contributed by atoms with Gasteiger partial charge < -0.3 is 10.6 Å². The zero-order valence-corrected chi connectivity index (χ0v) is 14.1. The fraction of sp³-hybridized carbons (Fsp3) is 0.412.